The molecular weight excluding hydrogens is 256 g/mol. The molecule has 2 N–H and O–H groups in total. The van der Waals surface area contributed by atoms with E-state index in [-0.39, 0.29) is 17.4 Å². The molecule has 2 rings (SSSR count). The van der Waals surface area contributed by atoms with Crippen LogP contribution in [0.1, 0.15) is 52.4 Å². The molecule has 1 atom stereocenters. The second-order valence-electron chi connectivity index (χ2n) is 6.70. The molecule has 1 unspecified atom stereocenters. The molecule has 0 aromatic heterocycles. The number of amides is 1. The van der Waals surface area contributed by atoms with E-state index in [1.165, 1.54) is 19.3 Å². The van der Waals surface area contributed by atoms with E-state index >= 15 is 0 Å². The molecule has 0 radical (unpaired) electrons. The van der Waals surface area contributed by atoms with Crippen molar-refractivity contribution in [2.24, 2.45) is 5.41 Å². The number of thioether (sulfide) groups is 1. The average molecular weight is 284 g/mol. The van der Waals surface area contributed by atoms with E-state index < -0.39 is 0 Å². The van der Waals surface area contributed by atoms with Gasteiger partial charge in [-0.2, -0.15) is 11.8 Å². The summed E-state index contributed by atoms with van der Waals surface area (Å²) < 4.78 is 0. The summed E-state index contributed by atoms with van der Waals surface area (Å²) in [6.07, 6.45) is 9.28. The summed E-state index contributed by atoms with van der Waals surface area (Å²) >= 11 is 1.97. The third kappa shape index (κ3) is 3.88. The van der Waals surface area contributed by atoms with Crippen LogP contribution < -0.4 is 10.6 Å². The first-order valence-corrected chi connectivity index (χ1v) is 8.88. The van der Waals surface area contributed by atoms with E-state index in [1.807, 2.05) is 11.8 Å². The Hall–Kier alpha value is -0.220. The highest BCUT2D eigenvalue weighted by atomic mass is 32.2. The first kappa shape index (κ1) is 15.2. The minimum Gasteiger partial charge on any atom is -0.352 e. The number of piperidine rings is 1. The zero-order chi connectivity index (χ0) is 13.9. The van der Waals surface area contributed by atoms with Gasteiger partial charge in [0.25, 0.3) is 0 Å². The summed E-state index contributed by atoms with van der Waals surface area (Å²) in [6, 6.07) is 0.384. The molecular formula is C15H28N2OS. The third-order valence-electron chi connectivity index (χ3n) is 4.74. The van der Waals surface area contributed by atoms with E-state index in [0.29, 0.717) is 6.04 Å². The second-order valence-corrected chi connectivity index (χ2v) is 7.84. The van der Waals surface area contributed by atoms with Gasteiger partial charge in [-0.3, -0.25) is 4.79 Å². The van der Waals surface area contributed by atoms with E-state index in [2.05, 4.69) is 30.7 Å². The molecule has 3 nitrogen and oxygen atoms in total. The third-order valence-corrected chi connectivity index (χ3v) is 5.88. The Bertz CT molecular complexity index is 311. The summed E-state index contributed by atoms with van der Waals surface area (Å²) in [5.41, 5.74) is 0.0821. The van der Waals surface area contributed by atoms with Crippen molar-refractivity contribution in [3.8, 4) is 0 Å². The van der Waals surface area contributed by atoms with Crippen molar-refractivity contribution in [3.63, 3.8) is 0 Å². The SMILES string of the molecule is CSC1CCC(NC(=O)C2NCCCC2(C)C)CC1. The maximum atomic E-state index is 12.5. The van der Waals surface area contributed by atoms with Gasteiger partial charge in [0.15, 0.2) is 0 Å². The highest BCUT2D eigenvalue weighted by Crippen LogP contribution is 2.31. The lowest BCUT2D eigenvalue weighted by atomic mass is 9.77. The van der Waals surface area contributed by atoms with Gasteiger partial charge < -0.3 is 10.6 Å². The fourth-order valence-electron chi connectivity index (χ4n) is 3.39. The highest BCUT2D eigenvalue weighted by Gasteiger charge is 2.37. The molecule has 2 aliphatic rings. The van der Waals surface area contributed by atoms with Crippen LogP contribution in [-0.2, 0) is 4.79 Å². The highest BCUT2D eigenvalue weighted by molar-refractivity contribution is 7.99. The van der Waals surface area contributed by atoms with Gasteiger partial charge in [0.1, 0.15) is 0 Å². The molecule has 4 heteroatoms. The molecule has 0 spiro atoms. The van der Waals surface area contributed by atoms with Crippen LogP contribution in [0.15, 0.2) is 0 Å². The van der Waals surface area contributed by atoms with Crippen LogP contribution in [0.4, 0.5) is 0 Å². The predicted molar refractivity (Wildman–Crippen MR) is 82.5 cm³/mol. The Morgan fingerprint density at radius 3 is 2.53 bits per heavy atom. The smallest absolute Gasteiger partial charge is 0.237 e. The molecule has 0 bridgehead atoms. The fourth-order valence-corrected chi connectivity index (χ4v) is 4.13. The van der Waals surface area contributed by atoms with E-state index in [0.717, 1.165) is 31.1 Å². The summed E-state index contributed by atoms with van der Waals surface area (Å²) in [5.74, 6) is 0.220. The van der Waals surface area contributed by atoms with Crippen molar-refractivity contribution >= 4 is 17.7 Å². The summed E-state index contributed by atoms with van der Waals surface area (Å²) in [6.45, 7) is 5.38. The molecule has 2 fully saturated rings. The topological polar surface area (TPSA) is 41.1 Å². The number of hydrogen-bond acceptors (Lipinski definition) is 3. The van der Waals surface area contributed by atoms with Crippen LogP contribution in [-0.4, -0.2) is 36.0 Å². The molecule has 1 amide bonds. The quantitative estimate of drug-likeness (QED) is 0.837. The molecule has 0 aromatic rings. The number of nitrogens with one attached hydrogen (secondary N) is 2. The van der Waals surface area contributed by atoms with Crippen molar-refractivity contribution in [1.29, 1.82) is 0 Å². The van der Waals surface area contributed by atoms with E-state index in [4.69, 9.17) is 0 Å². The van der Waals surface area contributed by atoms with E-state index in [9.17, 15) is 4.79 Å². The van der Waals surface area contributed by atoms with Gasteiger partial charge in [-0.15, -0.1) is 0 Å². The monoisotopic (exact) mass is 284 g/mol. The van der Waals surface area contributed by atoms with Gasteiger partial charge in [-0.25, -0.2) is 0 Å². The summed E-state index contributed by atoms with van der Waals surface area (Å²) in [7, 11) is 0. The van der Waals surface area contributed by atoms with Gasteiger partial charge in [-0.1, -0.05) is 13.8 Å². The van der Waals surface area contributed by atoms with Crippen LogP contribution >= 0.6 is 11.8 Å². The zero-order valence-electron chi connectivity index (χ0n) is 12.5. The minimum atomic E-state index is -0.0143. The molecule has 1 heterocycles. The van der Waals surface area contributed by atoms with Gasteiger partial charge >= 0.3 is 0 Å². The minimum absolute atomic E-state index is 0.0143. The van der Waals surface area contributed by atoms with E-state index in [1.54, 1.807) is 0 Å². The number of hydrogen-bond donors (Lipinski definition) is 2. The molecule has 110 valence electrons. The van der Waals surface area contributed by atoms with Crippen LogP contribution in [0.25, 0.3) is 0 Å². The second kappa shape index (κ2) is 6.49. The first-order chi connectivity index (χ1) is 9.03. The maximum Gasteiger partial charge on any atom is 0.237 e. The van der Waals surface area contributed by atoms with Crippen molar-refractivity contribution in [3.05, 3.63) is 0 Å². The van der Waals surface area contributed by atoms with Crippen molar-refractivity contribution in [2.45, 2.75) is 69.7 Å². The normalized spacial score (nSPS) is 34.8. The van der Waals surface area contributed by atoms with Gasteiger partial charge in [0.2, 0.25) is 5.91 Å². The van der Waals surface area contributed by atoms with Gasteiger partial charge in [0.05, 0.1) is 6.04 Å². The molecule has 1 aliphatic carbocycles. The van der Waals surface area contributed by atoms with Gasteiger partial charge in [0, 0.05) is 11.3 Å². The number of rotatable bonds is 3. The zero-order valence-corrected chi connectivity index (χ0v) is 13.3. The molecule has 19 heavy (non-hydrogen) atoms. The number of carbonyl (C=O) groups is 1. The van der Waals surface area contributed by atoms with Crippen LogP contribution in [0, 0.1) is 5.41 Å². The maximum absolute atomic E-state index is 12.5. The Morgan fingerprint density at radius 2 is 1.95 bits per heavy atom. The Labute approximate surface area is 121 Å². The molecule has 1 aliphatic heterocycles. The lowest BCUT2D eigenvalue weighted by Crippen LogP contribution is -2.57. The lowest BCUT2D eigenvalue weighted by molar-refractivity contribution is -0.127. The number of carbonyl (C=O) groups excluding carboxylic acids is 1. The average Bonchev–Trinajstić information content (AvgIpc) is 2.39. The first-order valence-electron chi connectivity index (χ1n) is 7.59. The molecule has 1 saturated heterocycles. The standard InChI is InChI=1S/C15H28N2OS/c1-15(2)9-4-10-16-13(15)14(18)17-11-5-7-12(19-3)8-6-11/h11-13,16H,4-10H2,1-3H3,(H,17,18). The van der Waals surface area contributed by atoms with Crippen LogP contribution in [0.2, 0.25) is 0 Å². The van der Waals surface area contributed by atoms with Gasteiger partial charge in [-0.05, 0) is 56.7 Å². The van der Waals surface area contributed by atoms with Crippen molar-refractivity contribution < 1.29 is 4.79 Å². The van der Waals surface area contributed by atoms with Crippen molar-refractivity contribution in [2.75, 3.05) is 12.8 Å². The summed E-state index contributed by atoms with van der Waals surface area (Å²) in [4.78, 5) is 12.5. The van der Waals surface area contributed by atoms with Crippen LogP contribution in [0.5, 0.6) is 0 Å². The fraction of sp³-hybridized carbons (Fsp3) is 0.933. The largest absolute Gasteiger partial charge is 0.352 e. The summed E-state index contributed by atoms with van der Waals surface area (Å²) in [5, 5.41) is 7.48. The lowest BCUT2D eigenvalue weighted by Gasteiger charge is -2.39. The van der Waals surface area contributed by atoms with Crippen molar-refractivity contribution in [1.82, 2.24) is 10.6 Å². The Morgan fingerprint density at radius 1 is 1.26 bits per heavy atom. The predicted octanol–water partition coefficient (Wildman–Crippen LogP) is 2.55. The molecule has 1 saturated carbocycles. The Balaban J connectivity index is 1.84. The molecule has 0 aromatic carbocycles. The Kier molecular flexibility index (Phi) is 5.18. The van der Waals surface area contributed by atoms with Crippen LogP contribution in [0.3, 0.4) is 0 Å².